The second-order valence-electron chi connectivity index (χ2n) is 6.86. The van der Waals surface area contributed by atoms with E-state index in [-0.39, 0.29) is 25.5 Å². The fourth-order valence-corrected chi connectivity index (χ4v) is 3.59. The Morgan fingerprint density at radius 3 is 2.10 bits per heavy atom. The number of fused-ring (bicyclic) bond motifs is 3. The summed E-state index contributed by atoms with van der Waals surface area (Å²) >= 11 is 0. The summed E-state index contributed by atoms with van der Waals surface area (Å²) in [6.07, 6.45) is -0.0152. The van der Waals surface area contributed by atoms with Crippen LogP contribution in [0.15, 0.2) is 48.5 Å². The van der Waals surface area contributed by atoms with Crippen molar-refractivity contribution in [1.29, 1.82) is 0 Å². The monoisotopic (exact) mass is 396 g/mol. The van der Waals surface area contributed by atoms with Gasteiger partial charge in [-0.25, -0.2) is 9.59 Å². The predicted octanol–water partition coefficient (Wildman–Crippen LogP) is 1.83. The fraction of sp³-hybridized carbons (Fsp3) is 0.286. The van der Waals surface area contributed by atoms with Gasteiger partial charge in [0.2, 0.25) is 5.91 Å². The van der Waals surface area contributed by atoms with Gasteiger partial charge in [-0.1, -0.05) is 48.5 Å². The van der Waals surface area contributed by atoms with Crippen LogP contribution >= 0.6 is 0 Å². The lowest BCUT2D eigenvalue weighted by Crippen LogP contribution is -2.45. The number of hydrogen-bond acceptors (Lipinski definition) is 4. The maximum absolute atomic E-state index is 12.2. The molecule has 1 atom stereocenters. The van der Waals surface area contributed by atoms with E-state index >= 15 is 0 Å². The Kier molecular flexibility index (Phi) is 6.33. The zero-order valence-electron chi connectivity index (χ0n) is 15.9. The largest absolute Gasteiger partial charge is 0.449 e. The van der Waals surface area contributed by atoms with E-state index in [1.54, 1.807) is 0 Å². The van der Waals surface area contributed by atoms with Crippen molar-refractivity contribution < 1.29 is 19.1 Å². The van der Waals surface area contributed by atoms with Gasteiger partial charge in [0, 0.05) is 12.5 Å². The fourth-order valence-electron chi connectivity index (χ4n) is 3.59. The van der Waals surface area contributed by atoms with Crippen molar-refractivity contribution in [3.05, 3.63) is 59.7 Å². The lowest BCUT2D eigenvalue weighted by Gasteiger charge is -2.18. The number of amides is 4. The Labute approximate surface area is 168 Å². The van der Waals surface area contributed by atoms with E-state index in [9.17, 15) is 14.4 Å². The van der Waals surface area contributed by atoms with Crippen LogP contribution in [0.2, 0.25) is 0 Å². The number of nitrogens with one attached hydrogen (secondary N) is 2. The lowest BCUT2D eigenvalue weighted by molar-refractivity contribution is -0.120. The van der Waals surface area contributed by atoms with Crippen LogP contribution in [0.5, 0.6) is 0 Å². The highest BCUT2D eigenvalue weighted by atomic mass is 16.5. The van der Waals surface area contributed by atoms with E-state index in [2.05, 4.69) is 22.8 Å². The maximum atomic E-state index is 12.2. The maximum Gasteiger partial charge on any atom is 0.407 e. The molecule has 0 heterocycles. The third-order valence-electron chi connectivity index (χ3n) is 4.95. The second kappa shape index (κ2) is 9.09. The van der Waals surface area contributed by atoms with Gasteiger partial charge in [-0.05, 0) is 35.1 Å². The van der Waals surface area contributed by atoms with Gasteiger partial charge in [0.05, 0.1) is 0 Å². The number of alkyl carbamates (subject to hydrolysis) is 1. The summed E-state index contributed by atoms with van der Waals surface area (Å²) in [5, 5.41) is 4.91. The third kappa shape index (κ3) is 4.84. The first-order chi connectivity index (χ1) is 14.0. The van der Waals surface area contributed by atoms with E-state index in [4.69, 9.17) is 16.2 Å². The van der Waals surface area contributed by atoms with Gasteiger partial charge in [0.15, 0.2) is 0 Å². The number of ether oxygens (including phenoxy) is 1. The van der Waals surface area contributed by atoms with Crippen LogP contribution in [-0.2, 0) is 9.53 Å². The molecule has 2 aromatic carbocycles. The highest BCUT2D eigenvalue weighted by Crippen LogP contribution is 2.44. The molecular formula is C21H24N4O4. The lowest BCUT2D eigenvalue weighted by atomic mass is 9.98. The molecule has 8 heteroatoms. The van der Waals surface area contributed by atoms with Crippen LogP contribution in [0, 0.1) is 0 Å². The topological polar surface area (TPSA) is 137 Å². The number of carbonyl (C=O) groups excluding carboxylic acids is 3. The van der Waals surface area contributed by atoms with Gasteiger partial charge in [0.25, 0.3) is 0 Å². The molecule has 8 nitrogen and oxygen atoms in total. The van der Waals surface area contributed by atoms with Crippen LogP contribution in [0.3, 0.4) is 0 Å². The number of urea groups is 1. The number of benzene rings is 2. The quantitative estimate of drug-likeness (QED) is 0.506. The molecule has 0 spiro atoms. The van der Waals surface area contributed by atoms with Crippen molar-refractivity contribution in [1.82, 2.24) is 10.6 Å². The predicted molar refractivity (Wildman–Crippen MR) is 108 cm³/mol. The first-order valence-electron chi connectivity index (χ1n) is 9.41. The standard InChI is InChI=1S/C21H24N4O4/c22-19(26)18(10-5-11-24-20(23)27)25-21(28)29-12-17-15-8-3-1-6-13(15)14-7-2-4-9-16(14)17/h1-4,6-9,17-18H,5,10-12H2,(H2,22,26)(H,25,28)(H3,23,24,27)/t18-/m0/s1. The van der Waals surface area contributed by atoms with Crippen molar-refractivity contribution >= 4 is 18.0 Å². The van der Waals surface area contributed by atoms with Crippen LogP contribution in [0.1, 0.15) is 29.9 Å². The van der Waals surface area contributed by atoms with E-state index in [1.165, 1.54) is 0 Å². The molecule has 1 aliphatic carbocycles. The van der Waals surface area contributed by atoms with E-state index < -0.39 is 24.1 Å². The van der Waals surface area contributed by atoms with Gasteiger partial charge < -0.3 is 26.8 Å². The molecular weight excluding hydrogens is 372 g/mol. The highest BCUT2D eigenvalue weighted by molar-refractivity contribution is 5.84. The first-order valence-corrected chi connectivity index (χ1v) is 9.41. The number of hydrogen-bond donors (Lipinski definition) is 4. The average Bonchev–Trinajstić information content (AvgIpc) is 3.02. The Morgan fingerprint density at radius 2 is 1.55 bits per heavy atom. The molecule has 0 radical (unpaired) electrons. The van der Waals surface area contributed by atoms with E-state index in [0.29, 0.717) is 6.42 Å². The van der Waals surface area contributed by atoms with Crippen LogP contribution < -0.4 is 22.1 Å². The number of primary amides is 2. The molecule has 0 saturated carbocycles. The summed E-state index contributed by atoms with van der Waals surface area (Å²) < 4.78 is 5.42. The summed E-state index contributed by atoms with van der Waals surface area (Å²) in [5.74, 6) is -0.738. The third-order valence-corrected chi connectivity index (χ3v) is 4.95. The molecule has 152 valence electrons. The van der Waals surface area contributed by atoms with Gasteiger partial charge in [-0.2, -0.15) is 0 Å². The summed E-state index contributed by atoms with van der Waals surface area (Å²) in [6.45, 7) is 0.431. The molecule has 0 bridgehead atoms. The summed E-state index contributed by atoms with van der Waals surface area (Å²) in [6, 6.07) is 14.5. The number of carbonyl (C=O) groups is 3. The average molecular weight is 396 g/mol. The Morgan fingerprint density at radius 1 is 0.966 bits per heavy atom. The normalized spacial score (nSPS) is 13.1. The van der Waals surface area contributed by atoms with Crippen molar-refractivity contribution in [3.63, 3.8) is 0 Å². The molecule has 1 aliphatic rings. The second-order valence-corrected chi connectivity index (χ2v) is 6.86. The molecule has 6 N–H and O–H groups in total. The molecule has 0 unspecified atom stereocenters. The highest BCUT2D eigenvalue weighted by Gasteiger charge is 2.29. The van der Waals surface area contributed by atoms with Crippen LogP contribution in [0.4, 0.5) is 9.59 Å². The van der Waals surface area contributed by atoms with Crippen molar-refractivity contribution in [2.75, 3.05) is 13.2 Å². The van der Waals surface area contributed by atoms with Crippen molar-refractivity contribution in [2.45, 2.75) is 24.8 Å². The Balaban J connectivity index is 1.58. The van der Waals surface area contributed by atoms with Crippen LogP contribution in [-0.4, -0.2) is 37.2 Å². The number of rotatable bonds is 8. The Bertz CT molecular complexity index is 870. The molecule has 0 fully saturated rings. The van der Waals surface area contributed by atoms with Gasteiger partial charge in [0.1, 0.15) is 12.6 Å². The van der Waals surface area contributed by atoms with E-state index in [0.717, 1.165) is 22.3 Å². The van der Waals surface area contributed by atoms with Crippen LogP contribution in [0.25, 0.3) is 11.1 Å². The minimum atomic E-state index is -0.889. The van der Waals surface area contributed by atoms with E-state index in [1.807, 2.05) is 36.4 Å². The van der Waals surface area contributed by atoms with Gasteiger partial charge in [-0.3, -0.25) is 4.79 Å². The van der Waals surface area contributed by atoms with Crippen molar-refractivity contribution in [2.24, 2.45) is 11.5 Å². The zero-order valence-corrected chi connectivity index (χ0v) is 15.9. The molecule has 0 aromatic heterocycles. The molecule has 2 aromatic rings. The summed E-state index contributed by atoms with van der Waals surface area (Å²) in [7, 11) is 0. The van der Waals surface area contributed by atoms with Gasteiger partial charge in [-0.15, -0.1) is 0 Å². The molecule has 4 amide bonds. The minimum Gasteiger partial charge on any atom is -0.449 e. The zero-order chi connectivity index (χ0) is 20.8. The molecule has 0 saturated heterocycles. The first kappa shape index (κ1) is 20.2. The minimum absolute atomic E-state index is 0.0695. The molecule has 29 heavy (non-hydrogen) atoms. The summed E-state index contributed by atoms with van der Waals surface area (Å²) in [4.78, 5) is 34.5. The SMILES string of the molecule is NC(=O)NCCC[C@H](NC(=O)OCC1c2ccccc2-c2ccccc21)C(N)=O. The van der Waals surface area contributed by atoms with Crippen molar-refractivity contribution in [3.8, 4) is 11.1 Å². The molecule has 3 rings (SSSR count). The van der Waals surface area contributed by atoms with Gasteiger partial charge >= 0.3 is 12.1 Å². The smallest absolute Gasteiger partial charge is 0.407 e. The Hall–Kier alpha value is -3.55. The molecule has 0 aliphatic heterocycles. The summed E-state index contributed by atoms with van der Waals surface area (Å²) in [5.41, 5.74) is 14.8. The number of nitrogens with two attached hydrogens (primary N) is 2.